The average Bonchev–Trinajstić information content (AvgIpc) is 2.55. The van der Waals surface area contributed by atoms with E-state index in [0.717, 1.165) is 32.6 Å². The Balaban J connectivity index is 1.92. The Bertz CT molecular complexity index is 383. The van der Waals surface area contributed by atoms with Crippen molar-refractivity contribution >= 4 is 5.97 Å². The van der Waals surface area contributed by atoms with E-state index in [4.69, 9.17) is 5.11 Å². The number of rotatable bonds is 4. The van der Waals surface area contributed by atoms with Gasteiger partial charge in [-0.05, 0) is 31.1 Å². The van der Waals surface area contributed by atoms with E-state index in [-0.39, 0.29) is 12.5 Å². The number of hydrogen-bond acceptors (Lipinski definition) is 4. The molecule has 0 aromatic carbocycles. The third-order valence-electron chi connectivity index (χ3n) is 3.11. The molecular weight excluding hydrogens is 230 g/mol. The lowest BCUT2D eigenvalue weighted by molar-refractivity contribution is -0.137. The number of aromatic nitrogens is 1. The van der Waals surface area contributed by atoms with Crippen LogP contribution in [0.2, 0.25) is 0 Å². The number of carboxylic acids is 1. The molecule has 1 saturated heterocycles. The van der Waals surface area contributed by atoms with Gasteiger partial charge in [0.25, 0.3) is 0 Å². The highest BCUT2D eigenvalue weighted by Crippen LogP contribution is 2.08. The molecule has 1 aromatic rings. The molecule has 0 aliphatic carbocycles. The van der Waals surface area contributed by atoms with Crippen LogP contribution >= 0.6 is 0 Å². The molecule has 5 nitrogen and oxygen atoms in total. The number of nitrogens with zero attached hydrogens (tertiary/aromatic N) is 2. The van der Waals surface area contributed by atoms with Gasteiger partial charge < -0.3 is 10.4 Å². The molecule has 1 aliphatic heterocycles. The third kappa shape index (κ3) is 4.09. The fourth-order valence-electron chi connectivity index (χ4n) is 2.32. The molecule has 0 amide bonds. The second-order valence-electron chi connectivity index (χ2n) is 4.70. The monoisotopic (exact) mass is 249 g/mol. The lowest BCUT2D eigenvalue weighted by atomic mass is 10.2. The molecule has 1 fully saturated rings. The minimum absolute atomic E-state index is 0.0432. The molecule has 0 radical (unpaired) electrons. The van der Waals surface area contributed by atoms with Gasteiger partial charge in [0.15, 0.2) is 0 Å². The zero-order valence-electron chi connectivity index (χ0n) is 10.4. The SMILES string of the molecule is O=C(O)CC1CN(Cc2cccnc2)CCCN1. The van der Waals surface area contributed by atoms with E-state index in [1.165, 1.54) is 5.56 Å². The summed E-state index contributed by atoms with van der Waals surface area (Å²) in [6.45, 7) is 3.51. The zero-order chi connectivity index (χ0) is 12.8. The Morgan fingerprint density at radius 1 is 1.61 bits per heavy atom. The topological polar surface area (TPSA) is 65.5 Å². The number of nitrogens with one attached hydrogen (secondary N) is 1. The van der Waals surface area contributed by atoms with E-state index >= 15 is 0 Å². The number of carbonyl (C=O) groups is 1. The van der Waals surface area contributed by atoms with Crippen LogP contribution in [0.1, 0.15) is 18.4 Å². The van der Waals surface area contributed by atoms with Crippen molar-refractivity contribution in [2.45, 2.75) is 25.4 Å². The molecule has 1 unspecified atom stereocenters. The van der Waals surface area contributed by atoms with Crippen LogP contribution < -0.4 is 5.32 Å². The molecule has 18 heavy (non-hydrogen) atoms. The largest absolute Gasteiger partial charge is 0.481 e. The maximum absolute atomic E-state index is 10.8. The summed E-state index contributed by atoms with van der Waals surface area (Å²) in [6, 6.07) is 4.03. The molecule has 1 atom stereocenters. The molecule has 1 aromatic heterocycles. The molecule has 0 bridgehead atoms. The molecule has 2 N–H and O–H groups in total. The van der Waals surface area contributed by atoms with Crippen molar-refractivity contribution in [3.8, 4) is 0 Å². The summed E-state index contributed by atoms with van der Waals surface area (Å²) in [6.07, 6.45) is 4.87. The van der Waals surface area contributed by atoms with Crippen molar-refractivity contribution in [2.24, 2.45) is 0 Å². The fraction of sp³-hybridized carbons (Fsp3) is 0.538. The van der Waals surface area contributed by atoms with Crippen LogP contribution in [-0.2, 0) is 11.3 Å². The number of carboxylic acid groups (broad SMARTS) is 1. The first-order valence-electron chi connectivity index (χ1n) is 6.30. The van der Waals surface area contributed by atoms with Crippen LogP contribution in [0.15, 0.2) is 24.5 Å². The van der Waals surface area contributed by atoms with E-state index in [9.17, 15) is 4.79 Å². The summed E-state index contributed by atoms with van der Waals surface area (Å²) in [5.41, 5.74) is 1.17. The Hall–Kier alpha value is -1.46. The molecular formula is C13H19N3O2. The summed E-state index contributed by atoms with van der Waals surface area (Å²) in [5.74, 6) is -0.740. The predicted molar refractivity (Wildman–Crippen MR) is 68.2 cm³/mol. The van der Waals surface area contributed by atoms with Crippen molar-refractivity contribution in [2.75, 3.05) is 19.6 Å². The Morgan fingerprint density at radius 3 is 3.22 bits per heavy atom. The maximum Gasteiger partial charge on any atom is 0.304 e. The third-order valence-corrected chi connectivity index (χ3v) is 3.11. The first kappa shape index (κ1) is 13.0. The van der Waals surface area contributed by atoms with Crippen LogP contribution in [0.5, 0.6) is 0 Å². The highest BCUT2D eigenvalue weighted by atomic mass is 16.4. The van der Waals surface area contributed by atoms with Gasteiger partial charge in [0.05, 0.1) is 6.42 Å². The summed E-state index contributed by atoms with van der Waals surface area (Å²) in [4.78, 5) is 17.2. The molecule has 2 rings (SSSR count). The van der Waals surface area contributed by atoms with Gasteiger partial charge in [0.2, 0.25) is 0 Å². The molecule has 98 valence electrons. The normalized spacial score (nSPS) is 21.4. The summed E-state index contributed by atoms with van der Waals surface area (Å²) in [5, 5.41) is 12.2. The van der Waals surface area contributed by atoms with Gasteiger partial charge in [-0.15, -0.1) is 0 Å². The number of pyridine rings is 1. The second-order valence-corrected chi connectivity index (χ2v) is 4.70. The summed E-state index contributed by atoms with van der Waals surface area (Å²) in [7, 11) is 0. The lowest BCUT2D eigenvalue weighted by Gasteiger charge is -2.23. The average molecular weight is 249 g/mol. The summed E-state index contributed by atoms with van der Waals surface area (Å²) < 4.78 is 0. The quantitative estimate of drug-likeness (QED) is 0.823. The van der Waals surface area contributed by atoms with Crippen molar-refractivity contribution < 1.29 is 9.90 Å². The van der Waals surface area contributed by atoms with Crippen LogP contribution in [0.4, 0.5) is 0 Å². The minimum Gasteiger partial charge on any atom is -0.481 e. The zero-order valence-corrected chi connectivity index (χ0v) is 10.4. The van der Waals surface area contributed by atoms with Gasteiger partial charge >= 0.3 is 5.97 Å². The van der Waals surface area contributed by atoms with Gasteiger partial charge in [-0.1, -0.05) is 6.07 Å². The van der Waals surface area contributed by atoms with Crippen molar-refractivity contribution in [3.63, 3.8) is 0 Å². The van der Waals surface area contributed by atoms with Crippen LogP contribution in [-0.4, -0.2) is 46.6 Å². The van der Waals surface area contributed by atoms with Crippen LogP contribution in [0.25, 0.3) is 0 Å². The van der Waals surface area contributed by atoms with Gasteiger partial charge in [0.1, 0.15) is 0 Å². The Kier molecular flexibility index (Phi) is 4.66. The van der Waals surface area contributed by atoms with E-state index in [2.05, 4.69) is 21.3 Å². The van der Waals surface area contributed by atoms with E-state index in [1.54, 1.807) is 6.20 Å². The van der Waals surface area contributed by atoms with E-state index in [1.807, 2.05) is 12.3 Å². The first-order chi connectivity index (χ1) is 8.74. The molecule has 1 aliphatic rings. The highest BCUT2D eigenvalue weighted by molar-refractivity contribution is 5.67. The van der Waals surface area contributed by atoms with Gasteiger partial charge in [-0.25, -0.2) is 0 Å². The van der Waals surface area contributed by atoms with Crippen LogP contribution in [0.3, 0.4) is 0 Å². The maximum atomic E-state index is 10.8. The highest BCUT2D eigenvalue weighted by Gasteiger charge is 2.19. The van der Waals surface area contributed by atoms with Crippen molar-refractivity contribution in [3.05, 3.63) is 30.1 Å². The summed E-state index contributed by atoms with van der Waals surface area (Å²) >= 11 is 0. The molecule has 0 spiro atoms. The van der Waals surface area contributed by atoms with Crippen LogP contribution in [0, 0.1) is 0 Å². The minimum atomic E-state index is -0.740. The van der Waals surface area contributed by atoms with Gasteiger partial charge in [0, 0.05) is 31.5 Å². The predicted octanol–water partition coefficient (Wildman–Crippen LogP) is 0.720. The smallest absolute Gasteiger partial charge is 0.304 e. The number of hydrogen-bond donors (Lipinski definition) is 2. The van der Waals surface area contributed by atoms with Gasteiger partial charge in [-0.3, -0.25) is 14.7 Å². The van der Waals surface area contributed by atoms with E-state index < -0.39 is 5.97 Å². The van der Waals surface area contributed by atoms with E-state index in [0.29, 0.717) is 0 Å². The lowest BCUT2D eigenvalue weighted by Crippen LogP contribution is -2.38. The standard InChI is InChI=1S/C13H19N3O2/c17-13(18)7-12-10-16(6-2-5-15-12)9-11-3-1-4-14-8-11/h1,3-4,8,12,15H,2,5-7,9-10H2,(H,17,18). The molecule has 5 heteroatoms. The Labute approximate surface area is 107 Å². The van der Waals surface area contributed by atoms with Crippen molar-refractivity contribution in [1.82, 2.24) is 15.2 Å². The fourth-order valence-corrected chi connectivity index (χ4v) is 2.32. The first-order valence-corrected chi connectivity index (χ1v) is 6.30. The molecule has 0 saturated carbocycles. The molecule has 2 heterocycles. The number of aliphatic carboxylic acids is 1. The van der Waals surface area contributed by atoms with Crippen molar-refractivity contribution in [1.29, 1.82) is 0 Å². The Morgan fingerprint density at radius 2 is 2.50 bits per heavy atom. The second kappa shape index (κ2) is 6.47. The van der Waals surface area contributed by atoms with Gasteiger partial charge in [-0.2, -0.15) is 0 Å².